The first-order valence-electron chi connectivity index (χ1n) is 5.83. The van der Waals surface area contributed by atoms with Crippen molar-refractivity contribution < 1.29 is 13.9 Å². The van der Waals surface area contributed by atoms with Crippen molar-refractivity contribution in [3.8, 4) is 11.1 Å². The van der Waals surface area contributed by atoms with Crippen LogP contribution in [-0.2, 0) is 11.3 Å². The Kier molecular flexibility index (Phi) is 3.92. The van der Waals surface area contributed by atoms with Gasteiger partial charge in [0.05, 0.1) is 12.7 Å². The second kappa shape index (κ2) is 5.63. The number of rotatable bonds is 3. The van der Waals surface area contributed by atoms with E-state index in [4.69, 9.17) is 5.73 Å². The molecule has 0 atom stereocenters. The maximum atomic E-state index is 14.0. The van der Waals surface area contributed by atoms with Crippen LogP contribution in [0.25, 0.3) is 11.1 Å². The molecular weight excluding hydrogens is 245 g/mol. The van der Waals surface area contributed by atoms with Crippen LogP contribution in [0.3, 0.4) is 0 Å². The van der Waals surface area contributed by atoms with E-state index < -0.39 is 11.8 Å². The lowest BCUT2D eigenvalue weighted by Gasteiger charge is -2.06. The van der Waals surface area contributed by atoms with Crippen molar-refractivity contribution >= 4 is 5.97 Å². The molecule has 0 saturated carbocycles. The second-order valence-corrected chi connectivity index (χ2v) is 4.09. The van der Waals surface area contributed by atoms with Crippen LogP contribution in [0.1, 0.15) is 15.9 Å². The van der Waals surface area contributed by atoms with Crippen molar-refractivity contribution in [3.05, 3.63) is 59.4 Å². The molecule has 0 aliphatic carbocycles. The van der Waals surface area contributed by atoms with E-state index in [2.05, 4.69) is 4.74 Å². The Hall–Kier alpha value is -2.20. The average Bonchev–Trinajstić information content (AvgIpc) is 2.46. The van der Waals surface area contributed by atoms with E-state index in [1.165, 1.54) is 13.2 Å². The predicted octanol–water partition coefficient (Wildman–Crippen LogP) is 2.74. The van der Waals surface area contributed by atoms with Crippen LogP contribution in [0.5, 0.6) is 0 Å². The van der Waals surface area contributed by atoms with E-state index in [1.807, 2.05) is 12.1 Å². The van der Waals surface area contributed by atoms with Crippen molar-refractivity contribution in [3.63, 3.8) is 0 Å². The van der Waals surface area contributed by atoms with Crippen LogP contribution in [0, 0.1) is 5.82 Å². The third-order valence-corrected chi connectivity index (χ3v) is 2.89. The number of benzene rings is 2. The number of methoxy groups -OCH3 is 1. The molecule has 2 aromatic rings. The number of ether oxygens (including phenoxy) is 1. The van der Waals surface area contributed by atoms with Gasteiger partial charge in [0.15, 0.2) is 0 Å². The molecule has 2 rings (SSSR count). The van der Waals surface area contributed by atoms with Gasteiger partial charge in [-0.15, -0.1) is 0 Å². The van der Waals surface area contributed by atoms with Crippen molar-refractivity contribution in [1.29, 1.82) is 0 Å². The van der Waals surface area contributed by atoms with Crippen LogP contribution >= 0.6 is 0 Å². The summed E-state index contributed by atoms with van der Waals surface area (Å²) in [4.78, 5) is 11.3. The third-order valence-electron chi connectivity index (χ3n) is 2.89. The number of hydrogen-bond acceptors (Lipinski definition) is 3. The molecule has 2 N–H and O–H groups in total. The van der Waals surface area contributed by atoms with E-state index in [-0.39, 0.29) is 5.56 Å². The van der Waals surface area contributed by atoms with Gasteiger partial charge >= 0.3 is 5.97 Å². The van der Waals surface area contributed by atoms with E-state index in [0.29, 0.717) is 12.1 Å². The molecule has 0 saturated heterocycles. The summed E-state index contributed by atoms with van der Waals surface area (Å²) in [6.07, 6.45) is 0. The maximum Gasteiger partial charge on any atom is 0.337 e. The molecule has 0 amide bonds. The summed E-state index contributed by atoms with van der Waals surface area (Å²) in [5.41, 5.74) is 7.87. The number of esters is 1. The van der Waals surface area contributed by atoms with E-state index in [0.717, 1.165) is 11.1 Å². The van der Waals surface area contributed by atoms with Crippen LogP contribution in [0.4, 0.5) is 4.39 Å². The molecule has 0 aliphatic rings. The zero-order chi connectivity index (χ0) is 13.8. The molecule has 0 unspecified atom stereocenters. The van der Waals surface area contributed by atoms with Gasteiger partial charge in [-0.2, -0.15) is 0 Å². The summed E-state index contributed by atoms with van der Waals surface area (Å²) in [6.45, 7) is 0.448. The highest BCUT2D eigenvalue weighted by Crippen LogP contribution is 2.24. The highest BCUT2D eigenvalue weighted by atomic mass is 19.1. The highest BCUT2D eigenvalue weighted by Gasteiger charge is 2.10. The molecular formula is C15H14FNO2. The van der Waals surface area contributed by atoms with Crippen LogP contribution < -0.4 is 5.73 Å². The zero-order valence-corrected chi connectivity index (χ0v) is 10.5. The van der Waals surface area contributed by atoms with Gasteiger partial charge in [-0.1, -0.05) is 30.3 Å². The van der Waals surface area contributed by atoms with Crippen LogP contribution in [0.2, 0.25) is 0 Å². The standard InChI is InChI=1S/C15H14FNO2/c1-19-15(18)12-6-7-13(14(16)8-12)11-4-2-10(9-17)3-5-11/h2-8H,9,17H2,1H3. The Balaban J connectivity index is 2.37. The molecule has 3 nitrogen and oxygen atoms in total. The lowest BCUT2D eigenvalue weighted by Crippen LogP contribution is -2.02. The topological polar surface area (TPSA) is 52.3 Å². The summed E-state index contributed by atoms with van der Waals surface area (Å²) < 4.78 is 18.5. The first kappa shape index (κ1) is 13.2. The Bertz CT molecular complexity index is 594. The fourth-order valence-corrected chi connectivity index (χ4v) is 1.81. The molecule has 0 spiro atoms. The fraction of sp³-hybridized carbons (Fsp3) is 0.133. The molecule has 0 heterocycles. The van der Waals surface area contributed by atoms with Crippen molar-refractivity contribution in [2.24, 2.45) is 5.73 Å². The Labute approximate surface area is 110 Å². The molecule has 4 heteroatoms. The molecule has 98 valence electrons. The van der Waals surface area contributed by atoms with Gasteiger partial charge in [-0.3, -0.25) is 0 Å². The molecule has 0 aromatic heterocycles. The summed E-state index contributed by atoms with van der Waals surface area (Å²) in [7, 11) is 1.26. The van der Waals surface area contributed by atoms with Gasteiger partial charge in [-0.25, -0.2) is 9.18 Å². The quantitative estimate of drug-likeness (QED) is 0.862. The fourth-order valence-electron chi connectivity index (χ4n) is 1.81. The van der Waals surface area contributed by atoms with E-state index >= 15 is 0 Å². The molecule has 19 heavy (non-hydrogen) atoms. The first-order valence-corrected chi connectivity index (χ1v) is 5.83. The van der Waals surface area contributed by atoms with Gasteiger partial charge in [0.25, 0.3) is 0 Å². The summed E-state index contributed by atoms with van der Waals surface area (Å²) >= 11 is 0. The Morgan fingerprint density at radius 3 is 2.42 bits per heavy atom. The largest absolute Gasteiger partial charge is 0.465 e. The minimum Gasteiger partial charge on any atom is -0.465 e. The smallest absolute Gasteiger partial charge is 0.337 e. The number of halogens is 1. The number of nitrogens with two attached hydrogens (primary N) is 1. The van der Waals surface area contributed by atoms with Gasteiger partial charge in [-0.05, 0) is 23.3 Å². The minimum atomic E-state index is -0.552. The number of hydrogen-bond donors (Lipinski definition) is 1. The zero-order valence-electron chi connectivity index (χ0n) is 10.5. The monoisotopic (exact) mass is 259 g/mol. The molecule has 0 radical (unpaired) electrons. The van der Waals surface area contributed by atoms with E-state index in [9.17, 15) is 9.18 Å². The minimum absolute atomic E-state index is 0.197. The maximum absolute atomic E-state index is 14.0. The lowest BCUT2D eigenvalue weighted by atomic mass is 10.0. The average molecular weight is 259 g/mol. The first-order chi connectivity index (χ1) is 9.15. The molecule has 0 bridgehead atoms. The van der Waals surface area contributed by atoms with Crippen molar-refractivity contribution in [2.45, 2.75) is 6.54 Å². The molecule has 2 aromatic carbocycles. The van der Waals surface area contributed by atoms with Gasteiger partial charge < -0.3 is 10.5 Å². The van der Waals surface area contributed by atoms with E-state index in [1.54, 1.807) is 24.3 Å². The summed E-state index contributed by atoms with van der Waals surface area (Å²) in [5.74, 6) is -1.01. The highest BCUT2D eigenvalue weighted by molar-refractivity contribution is 5.90. The Morgan fingerprint density at radius 2 is 1.89 bits per heavy atom. The van der Waals surface area contributed by atoms with Gasteiger partial charge in [0, 0.05) is 12.1 Å². The molecule has 0 fully saturated rings. The van der Waals surface area contributed by atoms with Crippen LogP contribution in [0.15, 0.2) is 42.5 Å². The summed E-state index contributed by atoms with van der Waals surface area (Å²) in [5, 5.41) is 0. The SMILES string of the molecule is COC(=O)c1ccc(-c2ccc(CN)cc2)c(F)c1. The summed E-state index contributed by atoms with van der Waals surface area (Å²) in [6, 6.07) is 11.6. The Morgan fingerprint density at radius 1 is 1.21 bits per heavy atom. The second-order valence-electron chi connectivity index (χ2n) is 4.09. The normalized spacial score (nSPS) is 10.3. The molecule has 0 aliphatic heterocycles. The third kappa shape index (κ3) is 2.80. The van der Waals surface area contributed by atoms with Gasteiger partial charge in [0.2, 0.25) is 0 Å². The van der Waals surface area contributed by atoms with Crippen LogP contribution in [-0.4, -0.2) is 13.1 Å². The number of carbonyl (C=O) groups excluding carboxylic acids is 1. The number of carbonyl (C=O) groups is 1. The van der Waals surface area contributed by atoms with Crippen molar-refractivity contribution in [1.82, 2.24) is 0 Å². The van der Waals surface area contributed by atoms with Crippen molar-refractivity contribution in [2.75, 3.05) is 7.11 Å². The van der Waals surface area contributed by atoms with Gasteiger partial charge in [0.1, 0.15) is 5.82 Å². The lowest BCUT2D eigenvalue weighted by molar-refractivity contribution is 0.0600. The predicted molar refractivity (Wildman–Crippen MR) is 71.1 cm³/mol.